The molecule has 1 aliphatic heterocycles. The van der Waals surface area contributed by atoms with Gasteiger partial charge in [-0.25, -0.2) is 9.55 Å². The molecule has 0 saturated heterocycles. The fraction of sp³-hybridized carbons (Fsp3) is 0.316. The minimum atomic E-state index is 0.949. The molecule has 0 unspecified atom stereocenters. The summed E-state index contributed by atoms with van der Waals surface area (Å²) in [7, 11) is 2.05. The van der Waals surface area contributed by atoms with Crippen molar-refractivity contribution < 1.29 is 4.57 Å². The lowest BCUT2D eigenvalue weighted by molar-refractivity contribution is -0.663. The lowest BCUT2D eigenvalue weighted by Gasteiger charge is -2.11. The standard InChI is InChI=1S/C19H21N4/c1-11-6-18-21-19-14(4)13(3)15(8-17(19)23(18)9-11)16-7-12(2)20-10-22(16)5/h7-10H,6H2,1-5H3/q+1. The summed E-state index contributed by atoms with van der Waals surface area (Å²) in [4.78, 5) is 9.24. The molecular formula is C19H21N4+. The van der Waals surface area contributed by atoms with Gasteiger partial charge in [-0.2, -0.15) is 0 Å². The summed E-state index contributed by atoms with van der Waals surface area (Å²) in [5.74, 6) is 1.15. The largest absolute Gasteiger partial charge is 0.303 e. The van der Waals surface area contributed by atoms with Crippen molar-refractivity contribution in [2.24, 2.45) is 7.05 Å². The summed E-state index contributed by atoms with van der Waals surface area (Å²) in [6.45, 7) is 8.56. The fourth-order valence-electron chi connectivity index (χ4n) is 3.43. The number of nitrogens with zero attached hydrogens (tertiary/aromatic N) is 4. The van der Waals surface area contributed by atoms with E-state index in [-0.39, 0.29) is 0 Å². The van der Waals surface area contributed by atoms with Gasteiger partial charge >= 0.3 is 0 Å². The van der Waals surface area contributed by atoms with Crippen LogP contribution in [0.1, 0.15) is 29.6 Å². The van der Waals surface area contributed by atoms with Crippen molar-refractivity contribution in [2.75, 3.05) is 0 Å². The van der Waals surface area contributed by atoms with Crippen molar-refractivity contribution >= 4 is 17.2 Å². The molecule has 3 aromatic rings. The minimum absolute atomic E-state index is 0.949. The number of allylic oxidation sites excluding steroid dienone is 1. The van der Waals surface area contributed by atoms with Crippen LogP contribution in [0.3, 0.4) is 0 Å². The fourth-order valence-corrected chi connectivity index (χ4v) is 3.43. The predicted molar refractivity (Wildman–Crippen MR) is 92.0 cm³/mol. The van der Waals surface area contributed by atoms with Crippen molar-refractivity contribution in [3.05, 3.63) is 46.7 Å². The van der Waals surface area contributed by atoms with Gasteiger partial charge in [0.1, 0.15) is 11.5 Å². The molecule has 116 valence electrons. The van der Waals surface area contributed by atoms with Crippen molar-refractivity contribution in [3.63, 3.8) is 0 Å². The number of benzene rings is 1. The van der Waals surface area contributed by atoms with E-state index in [0.717, 1.165) is 23.5 Å². The van der Waals surface area contributed by atoms with Crippen LogP contribution in [0, 0.1) is 20.8 Å². The molecule has 23 heavy (non-hydrogen) atoms. The smallest absolute Gasteiger partial charge is 0.286 e. The average molecular weight is 305 g/mol. The van der Waals surface area contributed by atoms with Gasteiger partial charge in [0.15, 0.2) is 5.69 Å². The van der Waals surface area contributed by atoms with Crippen LogP contribution in [-0.2, 0) is 13.5 Å². The van der Waals surface area contributed by atoms with E-state index in [4.69, 9.17) is 4.98 Å². The molecule has 0 aliphatic carbocycles. The Morgan fingerprint density at radius 1 is 1.09 bits per heavy atom. The Labute approximate surface area is 136 Å². The molecule has 0 amide bonds. The third-order valence-electron chi connectivity index (χ3n) is 4.85. The van der Waals surface area contributed by atoms with E-state index in [1.165, 1.54) is 33.5 Å². The third kappa shape index (κ3) is 2.01. The van der Waals surface area contributed by atoms with Crippen LogP contribution in [0.15, 0.2) is 24.0 Å². The van der Waals surface area contributed by atoms with Crippen molar-refractivity contribution in [1.29, 1.82) is 0 Å². The number of hydrogen-bond acceptors (Lipinski definition) is 2. The van der Waals surface area contributed by atoms with E-state index in [1.54, 1.807) is 0 Å². The van der Waals surface area contributed by atoms with Crippen LogP contribution in [0.25, 0.3) is 28.5 Å². The molecule has 1 aliphatic rings. The SMILES string of the molecule is CC1=Cn2c(nc3c(C)c(C)c(-c4cc(C)nc[n+]4C)cc32)C1. The van der Waals surface area contributed by atoms with Crippen LogP contribution < -0.4 is 4.57 Å². The number of hydrogen-bond donors (Lipinski definition) is 0. The van der Waals surface area contributed by atoms with Crippen LogP contribution >= 0.6 is 0 Å². The second-order valence-corrected chi connectivity index (χ2v) is 6.62. The zero-order valence-corrected chi connectivity index (χ0v) is 14.3. The van der Waals surface area contributed by atoms with Crippen molar-refractivity contribution in [3.8, 4) is 11.3 Å². The molecule has 3 heterocycles. The Hall–Kier alpha value is -2.49. The number of imidazole rings is 1. The monoisotopic (exact) mass is 305 g/mol. The van der Waals surface area contributed by atoms with Gasteiger partial charge in [0, 0.05) is 31.2 Å². The average Bonchev–Trinajstić information content (AvgIpc) is 3.02. The highest BCUT2D eigenvalue weighted by atomic mass is 15.1. The maximum atomic E-state index is 4.87. The quantitative estimate of drug-likeness (QED) is 0.647. The maximum Gasteiger partial charge on any atom is 0.286 e. The predicted octanol–water partition coefficient (Wildman–Crippen LogP) is 3.26. The highest BCUT2D eigenvalue weighted by Crippen LogP contribution is 2.33. The van der Waals surface area contributed by atoms with Gasteiger partial charge in [-0.05, 0) is 43.5 Å². The van der Waals surface area contributed by atoms with E-state index >= 15 is 0 Å². The molecule has 0 radical (unpaired) electrons. The summed E-state index contributed by atoms with van der Waals surface area (Å²) in [5, 5.41) is 0. The number of aromatic nitrogens is 4. The highest BCUT2D eigenvalue weighted by molar-refractivity contribution is 5.89. The van der Waals surface area contributed by atoms with E-state index in [2.05, 4.69) is 53.2 Å². The van der Waals surface area contributed by atoms with Crippen LogP contribution in [-0.4, -0.2) is 14.5 Å². The van der Waals surface area contributed by atoms with E-state index in [0.29, 0.717) is 0 Å². The number of aryl methyl sites for hydroxylation is 3. The molecule has 4 nitrogen and oxygen atoms in total. The highest BCUT2D eigenvalue weighted by Gasteiger charge is 2.21. The van der Waals surface area contributed by atoms with Crippen LogP contribution in [0.5, 0.6) is 0 Å². The first-order valence-corrected chi connectivity index (χ1v) is 7.96. The molecule has 0 saturated carbocycles. The van der Waals surface area contributed by atoms with Crippen molar-refractivity contribution in [2.45, 2.75) is 34.1 Å². The molecule has 0 bridgehead atoms. The van der Waals surface area contributed by atoms with E-state index in [9.17, 15) is 0 Å². The summed E-state index contributed by atoms with van der Waals surface area (Å²) < 4.78 is 4.33. The summed E-state index contributed by atoms with van der Waals surface area (Å²) in [6.07, 6.45) is 5.04. The maximum absolute atomic E-state index is 4.87. The lowest BCUT2D eigenvalue weighted by atomic mass is 9.98. The first kappa shape index (κ1) is 14.1. The van der Waals surface area contributed by atoms with Crippen LogP contribution in [0.2, 0.25) is 0 Å². The summed E-state index contributed by atoms with van der Waals surface area (Å²) >= 11 is 0. The molecule has 4 heteroatoms. The van der Waals surface area contributed by atoms with E-state index < -0.39 is 0 Å². The van der Waals surface area contributed by atoms with Gasteiger partial charge in [-0.3, -0.25) is 0 Å². The molecule has 2 aromatic heterocycles. The second-order valence-electron chi connectivity index (χ2n) is 6.62. The molecular weight excluding hydrogens is 284 g/mol. The number of rotatable bonds is 1. The van der Waals surface area contributed by atoms with Gasteiger partial charge in [-0.15, -0.1) is 0 Å². The third-order valence-corrected chi connectivity index (χ3v) is 4.85. The molecule has 0 N–H and O–H groups in total. The molecule has 0 spiro atoms. The van der Waals surface area contributed by atoms with Crippen molar-refractivity contribution in [1.82, 2.24) is 14.5 Å². The lowest BCUT2D eigenvalue weighted by Crippen LogP contribution is -2.31. The molecule has 4 rings (SSSR count). The Kier molecular flexibility index (Phi) is 2.92. The summed E-state index contributed by atoms with van der Waals surface area (Å²) in [6, 6.07) is 4.42. The minimum Gasteiger partial charge on any atom is -0.303 e. The van der Waals surface area contributed by atoms with Gasteiger partial charge in [-0.1, -0.05) is 4.98 Å². The molecule has 0 atom stereocenters. The first-order valence-electron chi connectivity index (χ1n) is 7.96. The van der Waals surface area contributed by atoms with Gasteiger partial charge in [0.2, 0.25) is 0 Å². The van der Waals surface area contributed by atoms with E-state index in [1.807, 2.05) is 20.3 Å². The Balaban J connectivity index is 2.07. The molecule has 1 aromatic carbocycles. The van der Waals surface area contributed by atoms with Gasteiger partial charge < -0.3 is 4.57 Å². The zero-order chi connectivity index (χ0) is 16.3. The summed E-state index contributed by atoms with van der Waals surface area (Å²) in [5.41, 5.74) is 9.71. The zero-order valence-electron chi connectivity index (χ0n) is 14.3. The topological polar surface area (TPSA) is 34.6 Å². The number of fused-ring (bicyclic) bond motifs is 3. The normalized spacial score (nSPS) is 13.5. The van der Waals surface area contributed by atoms with Gasteiger partial charge in [0.05, 0.1) is 18.1 Å². The second kappa shape index (κ2) is 4.75. The van der Waals surface area contributed by atoms with Gasteiger partial charge in [0.25, 0.3) is 6.33 Å². The Bertz CT molecular complexity index is 993. The Morgan fingerprint density at radius 3 is 2.65 bits per heavy atom. The first-order chi connectivity index (χ1) is 11.0. The molecule has 0 fully saturated rings. The Morgan fingerprint density at radius 2 is 1.87 bits per heavy atom. The van der Waals surface area contributed by atoms with Crippen LogP contribution in [0.4, 0.5) is 0 Å².